The van der Waals surface area contributed by atoms with Gasteiger partial charge in [-0.3, -0.25) is 4.79 Å². The molecule has 10 nitrogen and oxygen atoms in total. The van der Waals surface area contributed by atoms with E-state index in [1.165, 1.54) is 6.92 Å². The molecular weight excluding hydrogens is 306 g/mol. The number of sulfonamides is 1. The molecule has 0 aromatic carbocycles. The molecule has 0 atom stereocenters. The van der Waals surface area contributed by atoms with E-state index in [9.17, 15) is 13.2 Å². The van der Waals surface area contributed by atoms with Gasteiger partial charge in [-0.05, 0) is 18.4 Å². The van der Waals surface area contributed by atoms with Crippen LogP contribution in [-0.2, 0) is 14.8 Å². The molecule has 0 spiro atoms. The van der Waals surface area contributed by atoms with Gasteiger partial charge < -0.3 is 5.32 Å². The van der Waals surface area contributed by atoms with Crippen LogP contribution in [0.4, 0.5) is 5.13 Å². The lowest BCUT2D eigenvalue weighted by Gasteiger charge is -2.01. The number of unbranched alkanes of at least 4 members (excludes halogenated alkanes) is 1. The summed E-state index contributed by atoms with van der Waals surface area (Å²) in [6, 6.07) is 0. The van der Waals surface area contributed by atoms with Crippen molar-refractivity contribution in [1.29, 1.82) is 0 Å². The smallest absolute Gasteiger partial charge is 0.269 e. The second kappa shape index (κ2) is 7.75. The molecule has 20 heavy (non-hydrogen) atoms. The van der Waals surface area contributed by atoms with Gasteiger partial charge in [-0.1, -0.05) is 16.5 Å². The van der Waals surface area contributed by atoms with Crippen molar-refractivity contribution in [2.24, 2.45) is 5.11 Å². The summed E-state index contributed by atoms with van der Waals surface area (Å²) in [5, 5.41) is 12.9. The molecule has 0 fully saturated rings. The summed E-state index contributed by atoms with van der Waals surface area (Å²) >= 11 is 0.769. The average Bonchev–Trinajstić information content (AvgIpc) is 2.82. The molecule has 0 radical (unpaired) electrons. The van der Waals surface area contributed by atoms with Gasteiger partial charge in [0.2, 0.25) is 15.4 Å². The van der Waals surface area contributed by atoms with Crippen LogP contribution in [0.15, 0.2) is 9.45 Å². The summed E-state index contributed by atoms with van der Waals surface area (Å²) in [6.45, 7) is 1.82. The molecule has 0 aliphatic rings. The SMILES string of the molecule is CC(=O)Nc1nnc(S(=O)(=O)NCCCCN=[N+]=[N-])s1. The number of carbonyl (C=O) groups is 1. The second-order valence-corrected chi connectivity index (χ2v) is 6.53. The van der Waals surface area contributed by atoms with Crippen LogP contribution in [0.5, 0.6) is 0 Å². The van der Waals surface area contributed by atoms with Gasteiger partial charge in [0.05, 0.1) is 0 Å². The Balaban J connectivity index is 2.49. The number of hydrogen-bond donors (Lipinski definition) is 2. The van der Waals surface area contributed by atoms with Gasteiger partial charge in [-0.2, -0.15) is 0 Å². The summed E-state index contributed by atoms with van der Waals surface area (Å²) in [5.41, 5.74) is 8.07. The fraction of sp³-hybridized carbons (Fsp3) is 0.625. The fourth-order valence-corrected chi connectivity index (χ4v) is 3.20. The number of aromatic nitrogens is 2. The monoisotopic (exact) mass is 319 g/mol. The van der Waals surface area contributed by atoms with Crippen LogP contribution in [0.25, 0.3) is 10.4 Å². The van der Waals surface area contributed by atoms with Crippen molar-refractivity contribution in [2.45, 2.75) is 24.1 Å². The highest BCUT2D eigenvalue weighted by Crippen LogP contribution is 2.19. The van der Waals surface area contributed by atoms with E-state index in [-0.39, 0.29) is 21.9 Å². The third-order valence-corrected chi connectivity index (χ3v) is 4.63. The first-order valence-corrected chi connectivity index (χ1v) is 7.87. The molecule has 1 aromatic rings. The molecule has 0 bridgehead atoms. The molecule has 1 amide bonds. The van der Waals surface area contributed by atoms with E-state index in [1.54, 1.807) is 0 Å². The Bertz CT molecular complexity index is 605. The predicted molar refractivity (Wildman–Crippen MR) is 72.6 cm³/mol. The lowest BCUT2D eigenvalue weighted by atomic mass is 10.3. The Labute approximate surface area is 119 Å². The van der Waals surface area contributed by atoms with E-state index in [4.69, 9.17) is 5.53 Å². The number of rotatable bonds is 8. The Morgan fingerprint density at radius 1 is 1.45 bits per heavy atom. The predicted octanol–water partition coefficient (Wildman–Crippen LogP) is 0.865. The molecule has 1 rings (SSSR count). The minimum Gasteiger partial charge on any atom is -0.301 e. The standard InChI is InChI=1S/C8H13N7O3S2/c1-6(16)12-7-13-14-8(19-7)20(17,18)11-5-3-2-4-10-15-9/h11H,2-5H2,1H3,(H,12,13,16). The van der Waals surface area contributed by atoms with E-state index >= 15 is 0 Å². The van der Waals surface area contributed by atoms with Crippen LogP contribution in [-0.4, -0.2) is 37.6 Å². The van der Waals surface area contributed by atoms with Crippen molar-refractivity contribution >= 4 is 32.4 Å². The minimum atomic E-state index is -3.73. The maximum Gasteiger partial charge on any atom is 0.269 e. The number of carbonyl (C=O) groups excluding carboxylic acids is 1. The number of hydrogen-bond acceptors (Lipinski definition) is 7. The summed E-state index contributed by atoms with van der Waals surface area (Å²) in [4.78, 5) is 13.4. The van der Waals surface area contributed by atoms with Crippen LogP contribution < -0.4 is 10.0 Å². The van der Waals surface area contributed by atoms with Gasteiger partial charge in [-0.15, -0.1) is 10.2 Å². The maximum absolute atomic E-state index is 11.8. The van der Waals surface area contributed by atoms with Crippen LogP contribution in [0.2, 0.25) is 0 Å². The molecule has 0 aliphatic carbocycles. The van der Waals surface area contributed by atoms with E-state index < -0.39 is 10.0 Å². The zero-order valence-corrected chi connectivity index (χ0v) is 12.2. The first-order chi connectivity index (χ1) is 9.45. The normalized spacial score (nSPS) is 10.8. The highest BCUT2D eigenvalue weighted by atomic mass is 32.2. The third kappa shape index (κ3) is 5.48. The van der Waals surface area contributed by atoms with E-state index in [0.717, 1.165) is 11.3 Å². The van der Waals surface area contributed by atoms with Crippen LogP contribution >= 0.6 is 11.3 Å². The molecule has 110 valence electrons. The van der Waals surface area contributed by atoms with Crippen LogP contribution in [0.1, 0.15) is 19.8 Å². The van der Waals surface area contributed by atoms with Gasteiger partial charge in [0.25, 0.3) is 10.0 Å². The summed E-state index contributed by atoms with van der Waals surface area (Å²) in [6.07, 6.45) is 1.12. The molecule has 0 saturated carbocycles. The van der Waals surface area contributed by atoms with Gasteiger partial charge in [0.1, 0.15) is 0 Å². The molecule has 0 saturated heterocycles. The maximum atomic E-state index is 11.8. The molecule has 0 aliphatic heterocycles. The van der Waals surface area contributed by atoms with Crippen molar-refractivity contribution in [3.05, 3.63) is 10.4 Å². The molecule has 1 aromatic heterocycles. The van der Waals surface area contributed by atoms with E-state index in [2.05, 4.69) is 30.3 Å². The van der Waals surface area contributed by atoms with E-state index in [1.807, 2.05) is 0 Å². The Morgan fingerprint density at radius 3 is 2.85 bits per heavy atom. The van der Waals surface area contributed by atoms with Crippen molar-refractivity contribution in [3.63, 3.8) is 0 Å². The molecule has 12 heteroatoms. The lowest BCUT2D eigenvalue weighted by Crippen LogP contribution is -2.24. The quantitative estimate of drug-likeness (QED) is 0.239. The summed E-state index contributed by atoms with van der Waals surface area (Å²) in [5.74, 6) is -0.351. The number of nitrogens with zero attached hydrogens (tertiary/aromatic N) is 5. The van der Waals surface area contributed by atoms with Crippen molar-refractivity contribution < 1.29 is 13.2 Å². The number of nitrogens with one attached hydrogen (secondary N) is 2. The highest BCUT2D eigenvalue weighted by molar-refractivity contribution is 7.91. The van der Waals surface area contributed by atoms with Gasteiger partial charge in [0.15, 0.2) is 0 Å². The van der Waals surface area contributed by atoms with Gasteiger partial charge in [-0.25, -0.2) is 13.1 Å². The van der Waals surface area contributed by atoms with Crippen molar-refractivity contribution in [2.75, 3.05) is 18.4 Å². The zero-order valence-electron chi connectivity index (χ0n) is 10.6. The van der Waals surface area contributed by atoms with Crippen LogP contribution in [0, 0.1) is 0 Å². The Morgan fingerprint density at radius 2 is 2.20 bits per heavy atom. The largest absolute Gasteiger partial charge is 0.301 e. The lowest BCUT2D eigenvalue weighted by molar-refractivity contribution is -0.114. The highest BCUT2D eigenvalue weighted by Gasteiger charge is 2.19. The topological polar surface area (TPSA) is 150 Å². The van der Waals surface area contributed by atoms with Crippen molar-refractivity contribution in [1.82, 2.24) is 14.9 Å². The van der Waals surface area contributed by atoms with Crippen LogP contribution in [0.3, 0.4) is 0 Å². The second-order valence-electron chi connectivity index (χ2n) is 3.61. The number of azide groups is 1. The first-order valence-electron chi connectivity index (χ1n) is 5.57. The average molecular weight is 319 g/mol. The Kier molecular flexibility index (Phi) is 6.31. The third-order valence-electron chi connectivity index (χ3n) is 1.96. The Hall–Kier alpha value is -1.75. The van der Waals surface area contributed by atoms with Gasteiger partial charge >= 0.3 is 0 Å². The summed E-state index contributed by atoms with van der Waals surface area (Å²) < 4.78 is 25.8. The first kappa shape index (κ1) is 16.3. The van der Waals surface area contributed by atoms with E-state index in [0.29, 0.717) is 19.4 Å². The van der Waals surface area contributed by atoms with Gasteiger partial charge in [0, 0.05) is 24.9 Å². The molecule has 2 N–H and O–H groups in total. The molecular formula is C8H13N7O3S2. The molecule has 1 heterocycles. The minimum absolute atomic E-state index is 0.126. The molecule has 0 unspecified atom stereocenters. The fourth-order valence-electron chi connectivity index (χ4n) is 1.14. The number of amides is 1. The summed E-state index contributed by atoms with van der Waals surface area (Å²) in [7, 11) is -3.73. The number of anilines is 1. The van der Waals surface area contributed by atoms with Crippen molar-refractivity contribution in [3.8, 4) is 0 Å². The zero-order chi connectivity index (χ0) is 15.0.